The van der Waals surface area contributed by atoms with Gasteiger partial charge in [-0.1, -0.05) is 28.1 Å². The van der Waals surface area contributed by atoms with Gasteiger partial charge in [-0.2, -0.15) is 0 Å². The Bertz CT molecular complexity index is 420. The van der Waals surface area contributed by atoms with Crippen LogP contribution in [0.1, 0.15) is 5.56 Å². The molecule has 1 aliphatic rings. The fraction of sp³-hybridized carbons (Fsp3) is 0.200. The maximum Gasteiger partial charge on any atom is 0.324 e. The Morgan fingerprint density at radius 2 is 2.20 bits per heavy atom. The van der Waals surface area contributed by atoms with E-state index in [0.29, 0.717) is 6.54 Å². The van der Waals surface area contributed by atoms with E-state index in [1.54, 1.807) is 0 Å². The standard InChI is InChI=1S/C10H9BrN2O2/c11-8-3-1-2-7(4-8)5-13-6-9(14)12-10(13)15/h1-4H,5-6H2,(H,12,14,15). The molecule has 5 heteroatoms. The fourth-order valence-electron chi connectivity index (χ4n) is 1.47. The summed E-state index contributed by atoms with van der Waals surface area (Å²) >= 11 is 3.35. The van der Waals surface area contributed by atoms with Crippen molar-refractivity contribution in [3.05, 3.63) is 34.3 Å². The van der Waals surface area contributed by atoms with E-state index in [1.807, 2.05) is 24.3 Å². The second-order valence-corrected chi connectivity index (χ2v) is 4.25. The first-order chi connectivity index (χ1) is 7.15. The monoisotopic (exact) mass is 268 g/mol. The van der Waals surface area contributed by atoms with Crippen molar-refractivity contribution in [1.82, 2.24) is 10.2 Å². The van der Waals surface area contributed by atoms with Gasteiger partial charge in [-0.05, 0) is 17.7 Å². The zero-order valence-corrected chi connectivity index (χ0v) is 9.45. The smallest absolute Gasteiger partial charge is 0.311 e. The number of carbonyl (C=O) groups is 2. The number of benzene rings is 1. The van der Waals surface area contributed by atoms with Crippen LogP contribution in [0.5, 0.6) is 0 Å². The Hall–Kier alpha value is -1.36. The Labute approximate surface area is 95.4 Å². The Balaban J connectivity index is 2.09. The second-order valence-electron chi connectivity index (χ2n) is 3.34. The van der Waals surface area contributed by atoms with Crippen molar-refractivity contribution in [1.29, 1.82) is 0 Å². The maximum absolute atomic E-state index is 11.3. The molecule has 0 spiro atoms. The van der Waals surface area contributed by atoms with Crippen LogP contribution in [0.3, 0.4) is 0 Å². The molecule has 0 saturated carbocycles. The minimum atomic E-state index is -0.319. The fourth-order valence-corrected chi connectivity index (χ4v) is 1.91. The number of amides is 3. The molecule has 78 valence electrons. The van der Waals surface area contributed by atoms with Crippen molar-refractivity contribution >= 4 is 27.9 Å². The van der Waals surface area contributed by atoms with Crippen LogP contribution in [0, 0.1) is 0 Å². The van der Waals surface area contributed by atoms with Gasteiger partial charge < -0.3 is 4.90 Å². The minimum Gasteiger partial charge on any atom is -0.311 e. The lowest BCUT2D eigenvalue weighted by Gasteiger charge is -2.12. The van der Waals surface area contributed by atoms with Crippen molar-refractivity contribution in [2.24, 2.45) is 0 Å². The van der Waals surface area contributed by atoms with Gasteiger partial charge in [-0.3, -0.25) is 10.1 Å². The summed E-state index contributed by atoms with van der Waals surface area (Å²) in [6.07, 6.45) is 0. The number of carbonyl (C=O) groups excluding carboxylic acids is 2. The lowest BCUT2D eigenvalue weighted by atomic mass is 10.2. The van der Waals surface area contributed by atoms with Crippen molar-refractivity contribution < 1.29 is 9.59 Å². The number of urea groups is 1. The first kappa shape index (κ1) is 10.2. The summed E-state index contributed by atoms with van der Waals surface area (Å²) in [5.41, 5.74) is 0.995. The third kappa shape index (κ3) is 2.36. The number of hydrogen-bond donors (Lipinski definition) is 1. The zero-order valence-electron chi connectivity index (χ0n) is 7.87. The van der Waals surface area contributed by atoms with E-state index in [-0.39, 0.29) is 18.5 Å². The van der Waals surface area contributed by atoms with Crippen molar-refractivity contribution in [3.63, 3.8) is 0 Å². The maximum atomic E-state index is 11.3. The summed E-state index contributed by atoms with van der Waals surface area (Å²) in [6, 6.07) is 7.34. The van der Waals surface area contributed by atoms with Crippen molar-refractivity contribution in [3.8, 4) is 0 Å². The molecule has 0 aromatic heterocycles. The molecule has 1 aromatic rings. The number of rotatable bonds is 2. The number of nitrogens with one attached hydrogen (secondary N) is 1. The van der Waals surface area contributed by atoms with Crippen LogP contribution in [0.15, 0.2) is 28.7 Å². The predicted octanol–water partition coefficient (Wildman–Crippen LogP) is 1.50. The second kappa shape index (κ2) is 4.02. The molecule has 1 saturated heterocycles. The number of nitrogens with zero attached hydrogens (tertiary/aromatic N) is 1. The molecule has 1 heterocycles. The number of hydrogen-bond acceptors (Lipinski definition) is 2. The molecule has 1 aromatic carbocycles. The first-order valence-corrected chi connectivity index (χ1v) is 5.27. The van der Waals surface area contributed by atoms with Crippen LogP contribution in [0.2, 0.25) is 0 Å². The highest BCUT2D eigenvalue weighted by Crippen LogP contribution is 2.14. The molecule has 1 N–H and O–H groups in total. The molecule has 3 amide bonds. The Kier molecular flexibility index (Phi) is 2.73. The van der Waals surface area contributed by atoms with Crippen LogP contribution in [0.4, 0.5) is 4.79 Å². The van der Waals surface area contributed by atoms with Gasteiger partial charge in [0.1, 0.15) is 6.54 Å². The summed E-state index contributed by atoms with van der Waals surface area (Å²) in [6.45, 7) is 0.600. The van der Waals surface area contributed by atoms with Gasteiger partial charge >= 0.3 is 6.03 Å². The highest BCUT2D eigenvalue weighted by Gasteiger charge is 2.26. The van der Waals surface area contributed by atoms with Gasteiger partial charge in [0.15, 0.2) is 0 Å². The van der Waals surface area contributed by atoms with E-state index < -0.39 is 0 Å². The molecule has 0 aliphatic carbocycles. The summed E-state index contributed by atoms with van der Waals surface area (Å²) in [7, 11) is 0. The molecule has 15 heavy (non-hydrogen) atoms. The molecule has 0 radical (unpaired) electrons. The van der Waals surface area contributed by atoms with Gasteiger partial charge in [0.25, 0.3) is 0 Å². The Morgan fingerprint density at radius 3 is 2.80 bits per heavy atom. The number of halogens is 1. The van der Waals surface area contributed by atoms with Crippen molar-refractivity contribution in [2.45, 2.75) is 6.54 Å². The molecule has 0 bridgehead atoms. The first-order valence-electron chi connectivity index (χ1n) is 4.48. The van der Waals surface area contributed by atoms with E-state index in [4.69, 9.17) is 0 Å². The molecule has 0 unspecified atom stereocenters. The zero-order chi connectivity index (χ0) is 10.8. The average molecular weight is 269 g/mol. The van der Waals surface area contributed by atoms with Gasteiger partial charge in [0, 0.05) is 11.0 Å². The molecule has 1 aliphatic heterocycles. The highest BCUT2D eigenvalue weighted by atomic mass is 79.9. The van der Waals surface area contributed by atoms with E-state index in [0.717, 1.165) is 10.0 Å². The molecular weight excluding hydrogens is 260 g/mol. The summed E-state index contributed by atoms with van der Waals surface area (Å²) in [5, 5.41) is 2.24. The SMILES string of the molecule is O=C1CN(Cc2cccc(Br)c2)C(=O)N1. The number of imide groups is 1. The van der Waals surface area contributed by atoms with Gasteiger partial charge in [0.05, 0.1) is 0 Å². The molecule has 1 fully saturated rings. The van der Waals surface area contributed by atoms with E-state index in [9.17, 15) is 9.59 Å². The molecular formula is C10H9BrN2O2. The predicted molar refractivity (Wildman–Crippen MR) is 58.1 cm³/mol. The lowest BCUT2D eigenvalue weighted by molar-refractivity contribution is -0.118. The van der Waals surface area contributed by atoms with Crippen LogP contribution < -0.4 is 5.32 Å². The van der Waals surface area contributed by atoms with E-state index in [1.165, 1.54) is 4.90 Å². The summed E-state index contributed by atoms with van der Waals surface area (Å²) in [5.74, 6) is -0.241. The van der Waals surface area contributed by atoms with Crippen LogP contribution in [-0.4, -0.2) is 23.4 Å². The van der Waals surface area contributed by atoms with Gasteiger partial charge in [-0.25, -0.2) is 4.79 Å². The van der Waals surface area contributed by atoms with Crippen LogP contribution in [-0.2, 0) is 11.3 Å². The van der Waals surface area contributed by atoms with Crippen LogP contribution >= 0.6 is 15.9 Å². The summed E-state index contributed by atoms with van der Waals surface area (Å²) in [4.78, 5) is 23.7. The van der Waals surface area contributed by atoms with Crippen molar-refractivity contribution in [2.75, 3.05) is 6.54 Å². The molecule has 2 rings (SSSR count). The quantitative estimate of drug-likeness (QED) is 0.827. The molecule has 4 nitrogen and oxygen atoms in total. The van der Waals surface area contributed by atoms with E-state index in [2.05, 4.69) is 21.2 Å². The Morgan fingerprint density at radius 1 is 1.40 bits per heavy atom. The van der Waals surface area contributed by atoms with Gasteiger partial charge in [-0.15, -0.1) is 0 Å². The van der Waals surface area contributed by atoms with Crippen LogP contribution in [0.25, 0.3) is 0 Å². The lowest BCUT2D eigenvalue weighted by Crippen LogP contribution is -2.27. The highest BCUT2D eigenvalue weighted by molar-refractivity contribution is 9.10. The van der Waals surface area contributed by atoms with E-state index >= 15 is 0 Å². The normalized spacial score (nSPS) is 15.7. The minimum absolute atomic E-state index is 0.144. The average Bonchev–Trinajstić information content (AvgIpc) is 2.45. The molecule has 0 atom stereocenters. The third-order valence-corrected chi connectivity index (χ3v) is 2.62. The van der Waals surface area contributed by atoms with Gasteiger partial charge in [0.2, 0.25) is 5.91 Å². The largest absolute Gasteiger partial charge is 0.324 e. The topological polar surface area (TPSA) is 49.4 Å². The summed E-state index contributed by atoms with van der Waals surface area (Å²) < 4.78 is 0.964. The third-order valence-electron chi connectivity index (χ3n) is 2.13.